The van der Waals surface area contributed by atoms with Gasteiger partial charge in [0.1, 0.15) is 12.2 Å². The summed E-state index contributed by atoms with van der Waals surface area (Å²) in [5, 5.41) is 9.21. The molecule has 0 unspecified atom stereocenters. The average Bonchev–Trinajstić information content (AvgIpc) is 2.47. The van der Waals surface area contributed by atoms with E-state index < -0.39 is 0 Å². The van der Waals surface area contributed by atoms with Crippen LogP contribution in [0, 0.1) is 0 Å². The fourth-order valence-electron chi connectivity index (χ4n) is 2.54. The Morgan fingerprint density at radius 2 is 1.95 bits per heavy atom. The Morgan fingerprint density at radius 1 is 1.16 bits per heavy atom. The van der Waals surface area contributed by atoms with E-state index in [1.165, 1.54) is 0 Å². The van der Waals surface area contributed by atoms with Crippen molar-refractivity contribution in [2.45, 2.75) is 31.0 Å². The Hall–Kier alpha value is -1.20. The smallest absolute Gasteiger partial charge is 0.184 e. The maximum atomic E-state index is 9.21. The fourth-order valence-corrected chi connectivity index (χ4v) is 2.54. The number of aliphatic hydroxyl groups excluding tert-OH is 1. The van der Waals surface area contributed by atoms with Crippen molar-refractivity contribution in [2.24, 2.45) is 0 Å². The molecule has 4 atom stereocenters. The Morgan fingerprint density at radius 3 is 2.68 bits per heavy atom. The van der Waals surface area contributed by atoms with Crippen LogP contribution in [0.15, 0.2) is 42.5 Å². The third-order valence-electron chi connectivity index (χ3n) is 3.62. The van der Waals surface area contributed by atoms with Gasteiger partial charge < -0.3 is 19.3 Å². The van der Waals surface area contributed by atoms with Crippen LogP contribution in [0.3, 0.4) is 0 Å². The Kier molecular flexibility index (Phi) is 3.66. The normalized spacial score (nSPS) is 34.9. The molecule has 0 radical (unpaired) electrons. The van der Waals surface area contributed by atoms with Crippen molar-refractivity contribution in [3.8, 4) is 0 Å². The summed E-state index contributed by atoms with van der Waals surface area (Å²) < 4.78 is 17.4. The average molecular weight is 262 g/mol. The van der Waals surface area contributed by atoms with Gasteiger partial charge in [-0.15, -0.1) is 0 Å². The van der Waals surface area contributed by atoms with Gasteiger partial charge >= 0.3 is 0 Å². The molecule has 2 fully saturated rings. The summed E-state index contributed by atoms with van der Waals surface area (Å²) in [5.74, 6) is 0. The first kappa shape index (κ1) is 12.8. The zero-order valence-corrected chi connectivity index (χ0v) is 10.7. The Labute approximate surface area is 112 Å². The first-order chi connectivity index (χ1) is 9.28. The van der Waals surface area contributed by atoms with Gasteiger partial charge in [0.05, 0.1) is 19.3 Å². The van der Waals surface area contributed by atoms with E-state index in [9.17, 15) is 5.11 Å². The molecule has 2 aliphatic rings. The number of benzene rings is 1. The molecule has 2 heterocycles. The van der Waals surface area contributed by atoms with E-state index in [-0.39, 0.29) is 31.2 Å². The summed E-state index contributed by atoms with van der Waals surface area (Å²) in [4.78, 5) is 0. The molecule has 0 aliphatic carbocycles. The second-order valence-corrected chi connectivity index (χ2v) is 4.96. The van der Waals surface area contributed by atoms with E-state index in [0.717, 1.165) is 11.1 Å². The van der Waals surface area contributed by atoms with Crippen molar-refractivity contribution < 1.29 is 19.3 Å². The van der Waals surface area contributed by atoms with Crippen LogP contribution < -0.4 is 0 Å². The first-order valence-corrected chi connectivity index (χ1v) is 6.54. The second-order valence-electron chi connectivity index (χ2n) is 4.96. The lowest BCUT2D eigenvalue weighted by Gasteiger charge is -2.42. The number of fused-ring (bicyclic) bond motifs is 1. The minimum Gasteiger partial charge on any atom is -0.393 e. The van der Waals surface area contributed by atoms with Crippen molar-refractivity contribution >= 4 is 0 Å². The number of aliphatic hydroxyl groups is 1. The highest BCUT2D eigenvalue weighted by Crippen LogP contribution is 2.34. The largest absolute Gasteiger partial charge is 0.393 e. The summed E-state index contributed by atoms with van der Waals surface area (Å²) in [6, 6.07) is 9.87. The monoisotopic (exact) mass is 262 g/mol. The third-order valence-corrected chi connectivity index (χ3v) is 3.62. The molecule has 0 bridgehead atoms. The lowest BCUT2D eigenvalue weighted by Crippen LogP contribution is -2.49. The quantitative estimate of drug-likeness (QED) is 0.826. The molecule has 1 aromatic carbocycles. The second kappa shape index (κ2) is 5.43. The number of ether oxygens (including phenoxy) is 3. The maximum absolute atomic E-state index is 9.21. The molecule has 0 amide bonds. The topological polar surface area (TPSA) is 47.9 Å². The summed E-state index contributed by atoms with van der Waals surface area (Å²) in [6.45, 7) is 4.39. The molecule has 4 heteroatoms. The third kappa shape index (κ3) is 2.58. The van der Waals surface area contributed by atoms with Gasteiger partial charge in [-0.05, 0) is 12.0 Å². The summed E-state index contributed by atoms with van der Waals surface area (Å²) >= 11 is 0. The predicted molar refractivity (Wildman–Crippen MR) is 69.5 cm³/mol. The lowest BCUT2D eigenvalue weighted by molar-refractivity contribution is -0.281. The van der Waals surface area contributed by atoms with Gasteiger partial charge in [0.25, 0.3) is 0 Å². The van der Waals surface area contributed by atoms with E-state index in [1.807, 2.05) is 30.3 Å². The predicted octanol–water partition coefficient (Wildman–Crippen LogP) is 1.81. The minimum atomic E-state index is -0.343. The van der Waals surface area contributed by atoms with Crippen LogP contribution >= 0.6 is 0 Å². The molecule has 19 heavy (non-hydrogen) atoms. The highest BCUT2D eigenvalue weighted by molar-refractivity contribution is 5.17. The first-order valence-electron chi connectivity index (χ1n) is 6.54. The van der Waals surface area contributed by atoms with Crippen LogP contribution in [-0.4, -0.2) is 36.6 Å². The van der Waals surface area contributed by atoms with Crippen molar-refractivity contribution in [1.29, 1.82) is 0 Å². The van der Waals surface area contributed by atoms with Crippen LogP contribution in [0.25, 0.3) is 0 Å². The summed E-state index contributed by atoms with van der Waals surface area (Å²) in [6.07, 6.45) is -0.0918. The van der Waals surface area contributed by atoms with E-state index in [2.05, 4.69) is 6.58 Å². The number of hydrogen-bond acceptors (Lipinski definition) is 4. The van der Waals surface area contributed by atoms with Gasteiger partial charge in [0, 0.05) is 5.56 Å². The molecule has 2 saturated heterocycles. The van der Waals surface area contributed by atoms with Gasteiger partial charge in [0.2, 0.25) is 0 Å². The van der Waals surface area contributed by atoms with Gasteiger partial charge in [-0.2, -0.15) is 0 Å². The van der Waals surface area contributed by atoms with Crippen molar-refractivity contribution in [3.05, 3.63) is 48.0 Å². The van der Waals surface area contributed by atoms with Gasteiger partial charge in [-0.1, -0.05) is 36.9 Å². The zero-order valence-electron chi connectivity index (χ0n) is 10.7. The van der Waals surface area contributed by atoms with Crippen LogP contribution in [0.4, 0.5) is 0 Å². The van der Waals surface area contributed by atoms with Crippen LogP contribution in [-0.2, 0) is 14.2 Å². The fraction of sp³-hybridized carbons (Fsp3) is 0.467. The van der Waals surface area contributed by atoms with Gasteiger partial charge in [-0.3, -0.25) is 0 Å². The molecular formula is C15H18O4. The SMILES string of the molecule is C=C1C[C@@H]2O[C@H](c3ccccc3)OC[C@H]2O[C@H]1CO. The van der Waals surface area contributed by atoms with Crippen LogP contribution in [0.1, 0.15) is 18.3 Å². The zero-order chi connectivity index (χ0) is 13.2. The van der Waals surface area contributed by atoms with Crippen molar-refractivity contribution in [1.82, 2.24) is 0 Å². The molecule has 0 aromatic heterocycles. The molecule has 3 rings (SSSR count). The molecule has 0 saturated carbocycles. The molecule has 1 N–H and O–H groups in total. The Bertz CT molecular complexity index is 445. The highest BCUT2D eigenvalue weighted by Gasteiger charge is 2.39. The summed E-state index contributed by atoms with van der Waals surface area (Å²) in [5.41, 5.74) is 1.90. The minimum absolute atomic E-state index is 0.0375. The Balaban J connectivity index is 1.70. The molecule has 4 nitrogen and oxygen atoms in total. The van der Waals surface area contributed by atoms with Crippen LogP contribution in [0.2, 0.25) is 0 Å². The van der Waals surface area contributed by atoms with Crippen LogP contribution in [0.5, 0.6) is 0 Å². The number of rotatable bonds is 2. The lowest BCUT2D eigenvalue weighted by atomic mass is 9.96. The van der Waals surface area contributed by atoms with E-state index in [4.69, 9.17) is 14.2 Å². The maximum Gasteiger partial charge on any atom is 0.184 e. The number of hydrogen-bond donors (Lipinski definition) is 1. The molecular weight excluding hydrogens is 244 g/mol. The standard InChI is InChI=1S/C15H18O4/c1-10-7-12-14(18-13(10)8-16)9-17-15(19-12)11-5-3-2-4-6-11/h2-6,12-16H,1,7-9H2/t12-,13-,14+,15+/m0/s1. The van der Waals surface area contributed by atoms with E-state index in [1.54, 1.807) is 0 Å². The highest BCUT2D eigenvalue weighted by atomic mass is 16.7. The van der Waals surface area contributed by atoms with Gasteiger partial charge in [0.15, 0.2) is 6.29 Å². The molecule has 102 valence electrons. The van der Waals surface area contributed by atoms with Crippen molar-refractivity contribution in [2.75, 3.05) is 13.2 Å². The van der Waals surface area contributed by atoms with E-state index >= 15 is 0 Å². The van der Waals surface area contributed by atoms with E-state index in [0.29, 0.717) is 13.0 Å². The van der Waals surface area contributed by atoms with Gasteiger partial charge in [-0.25, -0.2) is 0 Å². The van der Waals surface area contributed by atoms with Crippen molar-refractivity contribution in [3.63, 3.8) is 0 Å². The summed E-state index contributed by atoms with van der Waals surface area (Å²) in [7, 11) is 0. The molecule has 1 aromatic rings. The molecule has 2 aliphatic heterocycles. The molecule has 0 spiro atoms.